The lowest BCUT2D eigenvalue weighted by atomic mass is 10.0. The Hall–Kier alpha value is -2.77. The van der Waals surface area contributed by atoms with Crippen molar-refractivity contribution in [3.8, 4) is 11.5 Å². The minimum absolute atomic E-state index is 0.0895. The molecule has 2 aliphatic rings. The lowest BCUT2D eigenvalue weighted by Gasteiger charge is -2.23. The van der Waals surface area contributed by atoms with Gasteiger partial charge in [-0.1, -0.05) is 13.8 Å². The van der Waals surface area contributed by atoms with Crippen molar-refractivity contribution in [2.75, 3.05) is 31.8 Å². The first kappa shape index (κ1) is 19.0. The molecule has 8 heteroatoms. The van der Waals surface area contributed by atoms with Crippen molar-refractivity contribution in [1.29, 1.82) is 0 Å². The summed E-state index contributed by atoms with van der Waals surface area (Å²) in [6.07, 6.45) is 0.0895. The second-order valence-electron chi connectivity index (χ2n) is 6.99. The van der Waals surface area contributed by atoms with Crippen molar-refractivity contribution in [1.82, 2.24) is 5.32 Å². The van der Waals surface area contributed by atoms with Gasteiger partial charge in [0.15, 0.2) is 11.5 Å². The van der Waals surface area contributed by atoms with Crippen LogP contribution in [-0.2, 0) is 19.1 Å². The van der Waals surface area contributed by atoms with Crippen LogP contribution in [0.2, 0.25) is 0 Å². The van der Waals surface area contributed by atoms with Crippen LogP contribution < -0.4 is 19.7 Å². The highest BCUT2D eigenvalue weighted by Gasteiger charge is 2.37. The molecule has 8 nitrogen and oxygen atoms in total. The van der Waals surface area contributed by atoms with E-state index in [1.165, 1.54) is 7.11 Å². The van der Waals surface area contributed by atoms with Crippen molar-refractivity contribution in [3.05, 3.63) is 18.2 Å². The number of carbonyl (C=O) groups excluding carboxylic acids is 3. The van der Waals surface area contributed by atoms with Gasteiger partial charge in [-0.2, -0.15) is 0 Å². The molecule has 0 bridgehead atoms. The fourth-order valence-electron chi connectivity index (χ4n) is 3.23. The Morgan fingerprint density at radius 3 is 2.59 bits per heavy atom. The van der Waals surface area contributed by atoms with E-state index in [4.69, 9.17) is 14.2 Å². The Kier molecular flexibility index (Phi) is 5.53. The molecule has 2 atom stereocenters. The summed E-state index contributed by atoms with van der Waals surface area (Å²) in [7, 11) is 1.28. The molecule has 1 saturated heterocycles. The topological polar surface area (TPSA) is 94.2 Å². The van der Waals surface area contributed by atoms with E-state index in [2.05, 4.69) is 5.32 Å². The molecule has 1 aromatic carbocycles. The summed E-state index contributed by atoms with van der Waals surface area (Å²) in [4.78, 5) is 38.5. The van der Waals surface area contributed by atoms with E-state index in [0.29, 0.717) is 30.4 Å². The number of carbonyl (C=O) groups is 3. The van der Waals surface area contributed by atoms with Gasteiger partial charge in [0, 0.05) is 24.7 Å². The van der Waals surface area contributed by atoms with Crippen molar-refractivity contribution in [3.63, 3.8) is 0 Å². The lowest BCUT2D eigenvalue weighted by molar-refractivity contribution is -0.146. The highest BCUT2D eigenvalue weighted by molar-refractivity contribution is 6.01. The molecule has 1 fully saturated rings. The van der Waals surface area contributed by atoms with Crippen LogP contribution in [-0.4, -0.2) is 50.7 Å². The van der Waals surface area contributed by atoms with Gasteiger partial charge in [0.25, 0.3) is 0 Å². The minimum atomic E-state index is -0.735. The smallest absolute Gasteiger partial charge is 0.328 e. The monoisotopic (exact) mass is 376 g/mol. The fraction of sp³-hybridized carbons (Fsp3) is 0.526. The largest absolute Gasteiger partial charge is 0.486 e. The Morgan fingerprint density at radius 2 is 1.93 bits per heavy atom. The highest BCUT2D eigenvalue weighted by atomic mass is 16.6. The van der Waals surface area contributed by atoms with Gasteiger partial charge < -0.3 is 24.4 Å². The van der Waals surface area contributed by atoms with E-state index in [0.717, 1.165) is 0 Å². The third-order valence-corrected chi connectivity index (χ3v) is 4.75. The van der Waals surface area contributed by atoms with Crippen LogP contribution >= 0.6 is 0 Å². The van der Waals surface area contributed by atoms with Gasteiger partial charge in [-0.3, -0.25) is 9.59 Å². The van der Waals surface area contributed by atoms with Crippen LogP contribution in [0, 0.1) is 11.8 Å². The second-order valence-corrected chi connectivity index (χ2v) is 6.99. The number of methoxy groups -OCH3 is 1. The molecule has 2 amide bonds. The third-order valence-electron chi connectivity index (χ3n) is 4.75. The first-order chi connectivity index (χ1) is 12.9. The number of ether oxygens (including phenoxy) is 3. The Morgan fingerprint density at radius 1 is 1.22 bits per heavy atom. The van der Waals surface area contributed by atoms with Gasteiger partial charge in [0.05, 0.1) is 13.0 Å². The number of benzene rings is 1. The zero-order valence-corrected chi connectivity index (χ0v) is 15.7. The van der Waals surface area contributed by atoms with E-state index < -0.39 is 17.9 Å². The van der Waals surface area contributed by atoms with E-state index in [1.54, 1.807) is 23.1 Å². The molecule has 0 radical (unpaired) electrons. The number of amides is 2. The maximum absolute atomic E-state index is 12.6. The molecular formula is C19H24N2O6. The standard InChI is InChI=1S/C19H24N2O6/c1-11(2)17(19(24)25-3)20-18(23)12-8-16(22)21(10-12)13-4-5-14-15(9-13)27-7-6-26-14/h4-5,9,11-12,17H,6-8,10H2,1-3H3,(H,20,23). The maximum Gasteiger partial charge on any atom is 0.328 e. The quantitative estimate of drug-likeness (QED) is 0.774. The number of esters is 1. The zero-order chi connectivity index (χ0) is 19.6. The summed E-state index contributed by atoms with van der Waals surface area (Å²) >= 11 is 0. The van der Waals surface area contributed by atoms with Crippen LogP contribution in [0.4, 0.5) is 5.69 Å². The van der Waals surface area contributed by atoms with Crippen LogP contribution in [0.25, 0.3) is 0 Å². The summed E-state index contributed by atoms with van der Waals surface area (Å²) in [5, 5.41) is 2.71. The SMILES string of the molecule is COC(=O)C(NC(=O)C1CC(=O)N(c2ccc3c(c2)OCCO3)C1)C(C)C. The summed E-state index contributed by atoms with van der Waals surface area (Å²) in [6.45, 7) is 4.84. The van der Waals surface area contributed by atoms with Gasteiger partial charge in [0.1, 0.15) is 19.3 Å². The summed E-state index contributed by atoms with van der Waals surface area (Å²) in [5.74, 6) is -0.386. The number of fused-ring (bicyclic) bond motifs is 1. The average molecular weight is 376 g/mol. The van der Waals surface area contributed by atoms with Crippen LogP contribution in [0.3, 0.4) is 0 Å². The van der Waals surface area contributed by atoms with Crippen LogP contribution in [0.15, 0.2) is 18.2 Å². The molecule has 2 aliphatic heterocycles. The number of rotatable bonds is 5. The molecule has 2 unspecified atom stereocenters. The summed E-state index contributed by atoms with van der Waals surface area (Å²) in [6, 6.07) is 4.55. The Balaban J connectivity index is 1.69. The molecule has 1 aromatic rings. The molecule has 0 aliphatic carbocycles. The second kappa shape index (κ2) is 7.85. The lowest BCUT2D eigenvalue weighted by Crippen LogP contribution is -2.47. The number of anilines is 1. The first-order valence-electron chi connectivity index (χ1n) is 8.99. The molecule has 0 spiro atoms. The van der Waals surface area contributed by atoms with Gasteiger partial charge in [-0.05, 0) is 18.1 Å². The Bertz CT molecular complexity index is 748. The predicted molar refractivity (Wildman–Crippen MR) is 96.7 cm³/mol. The molecular weight excluding hydrogens is 352 g/mol. The zero-order valence-electron chi connectivity index (χ0n) is 15.7. The summed E-state index contributed by atoms with van der Waals surface area (Å²) < 4.78 is 15.8. The predicted octanol–water partition coefficient (Wildman–Crippen LogP) is 1.12. The number of nitrogens with zero attached hydrogens (tertiary/aromatic N) is 1. The highest BCUT2D eigenvalue weighted by Crippen LogP contribution is 2.36. The van der Waals surface area contributed by atoms with Gasteiger partial charge in [-0.25, -0.2) is 4.79 Å². The van der Waals surface area contributed by atoms with Crippen LogP contribution in [0.1, 0.15) is 20.3 Å². The van der Waals surface area contributed by atoms with E-state index in [-0.39, 0.29) is 30.7 Å². The molecule has 2 heterocycles. The number of nitrogens with one attached hydrogen (secondary N) is 1. The minimum Gasteiger partial charge on any atom is -0.486 e. The average Bonchev–Trinajstić information content (AvgIpc) is 3.06. The van der Waals surface area contributed by atoms with E-state index in [9.17, 15) is 14.4 Å². The number of hydrogen-bond acceptors (Lipinski definition) is 6. The van der Waals surface area contributed by atoms with Crippen LogP contribution in [0.5, 0.6) is 11.5 Å². The molecule has 146 valence electrons. The molecule has 0 aromatic heterocycles. The van der Waals surface area contributed by atoms with Crippen molar-refractivity contribution in [2.24, 2.45) is 11.8 Å². The first-order valence-corrected chi connectivity index (χ1v) is 8.99. The van der Waals surface area contributed by atoms with E-state index >= 15 is 0 Å². The van der Waals surface area contributed by atoms with E-state index in [1.807, 2.05) is 13.8 Å². The van der Waals surface area contributed by atoms with Crippen molar-refractivity contribution < 1.29 is 28.6 Å². The van der Waals surface area contributed by atoms with Gasteiger partial charge in [-0.15, -0.1) is 0 Å². The molecule has 1 N–H and O–H groups in total. The maximum atomic E-state index is 12.6. The summed E-state index contributed by atoms with van der Waals surface area (Å²) in [5.41, 5.74) is 0.660. The fourth-order valence-corrected chi connectivity index (χ4v) is 3.23. The Labute approximate surface area is 157 Å². The normalized spacial score (nSPS) is 19.8. The van der Waals surface area contributed by atoms with Gasteiger partial charge >= 0.3 is 5.97 Å². The van der Waals surface area contributed by atoms with Crippen molar-refractivity contribution in [2.45, 2.75) is 26.3 Å². The molecule has 0 saturated carbocycles. The third kappa shape index (κ3) is 3.99. The van der Waals surface area contributed by atoms with Gasteiger partial charge in [0.2, 0.25) is 11.8 Å². The van der Waals surface area contributed by atoms with Crippen molar-refractivity contribution >= 4 is 23.5 Å². The molecule has 27 heavy (non-hydrogen) atoms. The molecule has 3 rings (SSSR count). The number of hydrogen-bond donors (Lipinski definition) is 1.